The van der Waals surface area contributed by atoms with Crippen LogP contribution in [0.15, 0.2) is 100 Å². The minimum Gasteiger partial charge on any atom is -0.493 e. The minimum absolute atomic E-state index is 0.0913. The number of nitrogens with one attached hydrogen (secondary N) is 1. The normalized spacial score (nSPS) is 16.0. The van der Waals surface area contributed by atoms with Gasteiger partial charge in [0.1, 0.15) is 6.61 Å². The molecule has 2 aliphatic heterocycles. The van der Waals surface area contributed by atoms with Crippen LogP contribution >= 0.6 is 11.8 Å². The van der Waals surface area contributed by atoms with E-state index < -0.39 is 12.0 Å². The Bertz CT molecular complexity index is 1520. The fourth-order valence-corrected chi connectivity index (χ4v) is 5.65. The van der Waals surface area contributed by atoms with E-state index in [2.05, 4.69) is 10.3 Å². The van der Waals surface area contributed by atoms with E-state index in [4.69, 9.17) is 19.2 Å². The number of esters is 1. The van der Waals surface area contributed by atoms with Gasteiger partial charge < -0.3 is 24.4 Å². The molecule has 10 heteroatoms. The molecule has 3 aromatic rings. The largest absolute Gasteiger partial charge is 0.493 e. The van der Waals surface area contributed by atoms with E-state index in [9.17, 15) is 9.59 Å². The molecule has 0 radical (unpaired) electrons. The predicted octanol–water partition coefficient (Wildman–Crippen LogP) is 5.12. The molecule has 1 aromatic heterocycles. The van der Waals surface area contributed by atoms with E-state index in [1.807, 2.05) is 71.0 Å². The monoisotopic (exact) mass is 570 g/mol. The summed E-state index contributed by atoms with van der Waals surface area (Å²) in [4.78, 5) is 37.6. The third kappa shape index (κ3) is 6.28. The molecule has 5 rings (SSSR count). The van der Waals surface area contributed by atoms with Gasteiger partial charge in [-0.15, -0.1) is 0 Å². The summed E-state index contributed by atoms with van der Waals surface area (Å²) < 4.78 is 16.8. The molecule has 0 bridgehead atoms. The van der Waals surface area contributed by atoms with Crippen molar-refractivity contribution in [1.82, 2.24) is 15.2 Å². The Morgan fingerprint density at radius 3 is 2.51 bits per heavy atom. The van der Waals surface area contributed by atoms with Crippen LogP contribution in [-0.2, 0) is 27.5 Å². The molecule has 210 valence electrons. The van der Waals surface area contributed by atoms with Gasteiger partial charge in [-0.3, -0.25) is 9.78 Å². The second-order valence-corrected chi connectivity index (χ2v) is 10.2. The van der Waals surface area contributed by atoms with Crippen molar-refractivity contribution in [3.05, 3.63) is 112 Å². The molecule has 1 unspecified atom stereocenters. The number of fused-ring (bicyclic) bond motifs is 1. The van der Waals surface area contributed by atoms with Gasteiger partial charge in [-0.2, -0.15) is 0 Å². The van der Waals surface area contributed by atoms with Crippen molar-refractivity contribution >= 4 is 28.8 Å². The number of benzene rings is 2. The molecular formula is C31H30N4O5S. The maximum Gasteiger partial charge on any atom is 0.338 e. The van der Waals surface area contributed by atoms with E-state index in [1.165, 1.54) is 11.8 Å². The molecule has 2 aliphatic rings. The first-order chi connectivity index (χ1) is 20.0. The van der Waals surface area contributed by atoms with Crippen LogP contribution < -0.4 is 14.8 Å². The van der Waals surface area contributed by atoms with Crippen LogP contribution in [0.2, 0.25) is 0 Å². The molecule has 0 aliphatic carbocycles. The molecular weight excluding hydrogens is 540 g/mol. The third-order valence-corrected chi connectivity index (χ3v) is 7.58. The van der Waals surface area contributed by atoms with Crippen LogP contribution in [-0.4, -0.2) is 41.1 Å². The van der Waals surface area contributed by atoms with Crippen molar-refractivity contribution in [2.45, 2.75) is 32.5 Å². The van der Waals surface area contributed by atoms with Gasteiger partial charge in [0, 0.05) is 11.9 Å². The lowest BCUT2D eigenvalue weighted by Gasteiger charge is -2.36. The summed E-state index contributed by atoms with van der Waals surface area (Å²) in [6, 6.07) is 20.0. The Hall–Kier alpha value is -4.57. The highest BCUT2D eigenvalue weighted by molar-refractivity contribution is 8.16. The number of aliphatic imine (C=N–C) groups is 1. The number of amidine groups is 1. The second kappa shape index (κ2) is 12.7. The lowest BCUT2D eigenvalue weighted by molar-refractivity contribution is -0.141. The van der Waals surface area contributed by atoms with Crippen LogP contribution in [0.4, 0.5) is 0 Å². The van der Waals surface area contributed by atoms with Crippen LogP contribution in [0.5, 0.6) is 11.5 Å². The van der Waals surface area contributed by atoms with Crippen molar-refractivity contribution < 1.29 is 23.8 Å². The number of carbonyl (C=O) groups excluding carboxylic acids is 2. The molecule has 0 spiro atoms. The number of amides is 1. The van der Waals surface area contributed by atoms with Crippen molar-refractivity contribution in [3.63, 3.8) is 0 Å². The highest BCUT2D eigenvalue weighted by atomic mass is 32.2. The van der Waals surface area contributed by atoms with Crippen molar-refractivity contribution in [1.29, 1.82) is 0 Å². The highest BCUT2D eigenvalue weighted by Gasteiger charge is 2.41. The number of aromatic nitrogens is 1. The molecule has 1 amide bonds. The quantitative estimate of drug-likeness (QED) is 0.335. The Morgan fingerprint density at radius 2 is 1.78 bits per heavy atom. The van der Waals surface area contributed by atoms with Crippen molar-refractivity contribution in [2.24, 2.45) is 4.99 Å². The molecule has 1 N–H and O–H groups in total. The zero-order chi connectivity index (χ0) is 28.8. The van der Waals surface area contributed by atoms with E-state index in [1.54, 1.807) is 33.4 Å². The Kier molecular flexibility index (Phi) is 8.69. The summed E-state index contributed by atoms with van der Waals surface area (Å²) in [5.74, 6) is 0.434. The van der Waals surface area contributed by atoms with E-state index in [-0.39, 0.29) is 18.9 Å². The number of allylic oxidation sites excluding steroid dienone is 1. The average molecular weight is 571 g/mol. The number of methoxy groups -OCH3 is 2. The van der Waals surface area contributed by atoms with Gasteiger partial charge in [0.05, 0.1) is 50.2 Å². The highest BCUT2D eigenvalue weighted by Crippen LogP contribution is 2.46. The van der Waals surface area contributed by atoms with Gasteiger partial charge in [-0.25, -0.2) is 9.79 Å². The van der Waals surface area contributed by atoms with E-state index in [0.29, 0.717) is 40.2 Å². The maximum atomic E-state index is 13.7. The first kappa shape index (κ1) is 28.0. The molecule has 2 aromatic carbocycles. The third-order valence-electron chi connectivity index (χ3n) is 6.69. The van der Waals surface area contributed by atoms with Crippen LogP contribution in [0, 0.1) is 0 Å². The van der Waals surface area contributed by atoms with Gasteiger partial charge in [-0.1, -0.05) is 54.2 Å². The fourth-order valence-electron chi connectivity index (χ4n) is 4.69. The van der Waals surface area contributed by atoms with Gasteiger partial charge in [0.25, 0.3) is 0 Å². The average Bonchev–Trinajstić information content (AvgIpc) is 3.40. The summed E-state index contributed by atoms with van der Waals surface area (Å²) in [6.07, 6.45) is 1.78. The number of hydrogen-bond donors (Lipinski definition) is 1. The lowest BCUT2D eigenvalue weighted by atomic mass is 9.93. The Labute approximate surface area is 242 Å². The van der Waals surface area contributed by atoms with Crippen LogP contribution in [0.1, 0.15) is 36.2 Å². The smallest absolute Gasteiger partial charge is 0.338 e. The first-order valence-electron chi connectivity index (χ1n) is 13.0. The topological polar surface area (TPSA) is 102 Å². The SMILES string of the molecule is COc1ccc(C2C(C(=O)OCc3ccccc3)=C(C)N=C3SC=C(CC(=O)NCc4ccccn4)N32)cc1OC. The molecule has 0 saturated carbocycles. The molecule has 0 saturated heterocycles. The summed E-state index contributed by atoms with van der Waals surface area (Å²) in [7, 11) is 3.13. The maximum absolute atomic E-state index is 13.7. The summed E-state index contributed by atoms with van der Waals surface area (Å²) in [5.41, 5.74) is 4.07. The van der Waals surface area contributed by atoms with Gasteiger partial charge in [-0.05, 0) is 47.7 Å². The van der Waals surface area contributed by atoms with Crippen LogP contribution in [0.3, 0.4) is 0 Å². The number of thioether (sulfide) groups is 1. The molecule has 1 atom stereocenters. The Morgan fingerprint density at radius 1 is 1.00 bits per heavy atom. The molecule has 41 heavy (non-hydrogen) atoms. The van der Waals surface area contributed by atoms with Crippen molar-refractivity contribution in [3.8, 4) is 11.5 Å². The van der Waals surface area contributed by atoms with Gasteiger partial charge in [0.2, 0.25) is 5.91 Å². The lowest BCUT2D eigenvalue weighted by Crippen LogP contribution is -2.38. The number of hydrogen-bond acceptors (Lipinski definition) is 9. The summed E-state index contributed by atoms with van der Waals surface area (Å²) >= 11 is 1.41. The predicted molar refractivity (Wildman–Crippen MR) is 157 cm³/mol. The number of pyridine rings is 1. The molecule has 9 nitrogen and oxygen atoms in total. The molecule has 0 fully saturated rings. The van der Waals surface area contributed by atoms with Gasteiger partial charge >= 0.3 is 5.97 Å². The standard InChI is InChI=1S/C31H30N4O5S/c1-20-28(30(37)40-18-21-9-5-4-6-10-21)29(22-12-13-25(38-2)26(15-22)39-3)35-24(19-41-31(35)34-20)16-27(36)33-17-23-11-7-8-14-32-23/h4-15,19,29H,16-18H2,1-3H3,(H,33,36). The van der Waals surface area contributed by atoms with Crippen LogP contribution in [0.25, 0.3) is 0 Å². The number of carbonyl (C=O) groups is 2. The van der Waals surface area contributed by atoms with Gasteiger partial charge in [0.15, 0.2) is 16.7 Å². The second-order valence-electron chi connectivity index (χ2n) is 9.34. The minimum atomic E-state index is -0.601. The van der Waals surface area contributed by atoms with E-state index >= 15 is 0 Å². The van der Waals surface area contributed by atoms with E-state index in [0.717, 1.165) is 16.8 Å². The Balaban J connectivity index is 1.45. The summed E-state index contributed by atoms with van der Waals surface area (Å²) in [5, 5.41) is 5.51. The number of rotatable bonds is 10. The fraction of sp³-hybridized carbons (Fsp3) is 0.226. The number of nitrogens with zero attached hydrogens (tertiary/aromatic N) is 3. The number of ether oxygens (including phenoxy) is 3. The zero-order valence-corrected chi connectivity index (χ0v) is 23.8. The zero-order valence-electron chi connectivity index (χ0n) is 23.0. The van der Waals surface area contributed by atoms with Crippen molar-refractivity contribution in [2.75, 3.05) is 14.2 Å². The summed E-state index contributed by atoms with van der Waals surface area (Å²) in [6.45, 7) is 2.24. The first-order valence-corrected chi connectivity index (χ1v) is 13.9. The molecule has 3 heterocycles.